The number of pyridine rings is 1. The lowest BCUT2D eigenvalue weighted by atomic mass is 10.0. The quantitative estimate of drug-likeness (QED) is 0.283. The zero-order chi connectivity index (χ0) is 30.6. The Morgan fingerprint density at radius 3 is 2.50 bits per heavy atom. The minimum atomic E-state index is -0.447. The monoisotopic (exact) mass is 594 g/mol. The molecule has 0 radical (unpaired) electrons. The summed E-state index contributed by atoms with van der Waals surface area (Å²) >= 11 is 0. The largest absolute Gasteiger partial charge is 0.415 e. The number of likely N-dealkylation sites (tertiary alicyclic amines) is 2. The second-order valence-electron chi connectivity index (χ2n) is 11.7. The third kappa shape index (κ3) is 6.90. The molecule has 4 heterocycles. The fourth-order valence-corrected chi connectivity index (χ4v) is 5.78. The lowest BCUT2D eigenvalue weighted by Crippen LogP contribution is -2.39. The summed E-state index contributed by atoms with van der Waals surface area (Å²) in [5.41, 5.74) is 11.2. The average molecular weight is 595 g/mol. The number of likely N-dealkylation sites (N-methyl/N-ethyl adjacent to an activating group) is 1. The second kappa shape index (κ2) is 12.9. The average Bonchev–Trinajstić information content (AvgIpc) is 3.78. The zero-order valence-electron chi connectivity index (χ0n) is 25.1. The van der Waals surface area contributed by atoms with Gasteiger partial charge in [-0.1, -0.05) is 36.4 Å². The van der Waals surface area contributed by atoms with Crippen molar-refractivity contribution in [3.8, 4) is 28.0 Å². The molecule has 228 valence electrons. The number of ether oxygens (including phenoxy) is 1. The molecule has 2 saturated heterocycles. The molecular weight excluding hydrogens is 556 g/mol. The van der Waals surface area contributed by atoms with E-state index in [1.54, 1.807) is 34.1 Å². The van der Waals surface area contributed by atoms with Crippen LogP contribution in [0.3, 0.4) is 0 Å². The van der Waals surface area contributed by atoms with Crippen LogP contribution in [0.15, 0.2) is 73.2 Å². The molecule has 2 atom stereocenters. The predicted molar refractivity (Wildman–Crippen MR) is 169 cm³/mol. The van der Waals surface area contributed by atoms with Gasteiger partial charge >= 0.3 is 6.09 Å². The van der Waals surface area contributed by atoms with Crippen LogP contribution < -0.4 is 21.1 Å². The molecule has 2 aromatic carbocycles. The van der Waals surface area contributed by atoms with Gasteiger partial charge in [0.1, 0.15) is 11.6 Å². The first-order valence-corrected chi connectivity index (χ1v) is 14.9. The molecule has 11 heteroatoms. The highest BCUT2D eigenvalue weighted by molar-refractivity contribution is 5.99. The summed E-state index contributed by atoms with van der Waals surface area (Å²) < 4.78 is 7.42. The predicted octanol–water partition coefficient (Wildman–Crippen LogP) is 3.53. The summed E-state index contributed by atoms with van der Waals surface area (Å²) in [7, 11) is 3.98. The summed E-state index contributed by atoms with van der Waals surface area (Å²) in [5, 5.41) is 10.8. The summed E-state index contributed by atoms with van der Waals surface area (Å²) in [5.74, 6) is 0.288. The summed E-state index contributed by atoms with van der Waals surface area (Å²) in [4.78, 5) is 34.3. The first-order chi connectivity index (χ1) is 21.3. The molecular formula is C33H38N8O3. The van der Waals surface area contributed by atoms with Crippen molar-refractivity contribution in [2.45, 2.75) is 31.5 Å². The second-order valence-corrected chi connectivity index (χ2v) is 11.7. The van der Waals surface area contributed by atoms with Gasteiger partial charge in [-0.25, -0.2) is 9.78 Å². The SMILES string of the molecule is CN1CC[C@@H](NCc2ccc(-c3cccc(OC(=O)N4CC[C@@H](NC(=O)c5cc(-c6cnn(C)c6)cnc5N)C4)c3)cc2)C1. The number of nitrogen functional groups attached to an aromatic ring is 1. The van der Waals surface area contributed by atoms with Crippen molar-refractivity contribution >= 4 is 17.8 Å². The fourth-order valence-electron chi connectivity index (χ4n) is 5.78. The van der Waals surface area contributed by atoms with Crippen molar-refractivity contribution in [1.82, 2.24) is 35.2 Å². The Bertz CT molecular complexity index is 1640. The Hall–Kier alpha value is -4.74. The number of nitrogens with zero attached hydrogens (tertiary/aromatic N) is 5. The van der Waals surface area contributed by atoms with E-state index >= 15 is 0 Å². The van der Waals surface area contributed by atoms with E-state index in [-0.39, 0.29) is 23.3 Å². The van der Waals surface area contributed by atoms with Crippen LogP contribution in [0, 0.1) is 0 Å². The third-order valence-corrected chi connectivity index (χ3v) is 8.30. The molecule has 11 nitrogen and oxygen atoms in total. The molecule has 0 unspecified atom stereocenters. The smallest absolute Gasteiger partial charge is 0.410 e. The molecule has 0 spiro atoms. The maximum atomic E-state index is 13.1. The number of nitrogens with one attached hydrogen (secondary N) is 2. The summed E-state index contributed by atoms with van der Waals surface area (Å²) in [6.45, 7) is 3.88. The molecule has 0 saturated carbocycles. The van der Waals surface area contributed by atoms with E-state index in [1.807, 2.05) is 31.4 Å². The van der Waals surface area contributed by atoms with Gasteiger partial charge in [-0.2, -0.15) is 5.10 Å². The van der Waals surface area contributed by atoms with Gasteiger partial charge in [-0.3, -0.25) is 9.48 Å². The van der Waals surface area contributed by atoms with E-state index in [0.29, 0.717) is 31.3 Å². The number of hydrogen-bond donors (Lipinski definition) is 3. The number of aromatic nitrogens is 3. The van der Waals surface area contributed by atoms with Gasteiger partial charge in [-0.05, 0) is 61.3 Å². The minimum absolute atomic E-state index is 0.146. The molecule has 0 bridgehead atoms. The number of benzene rings is 2. The molecule has 2 fully saturated rings. The van der Waals surface area contributed by atoms with Crippen molar-refractivity contribution in [3.63, 3.8) is 0 Å². The van der Waals surface area contributed by atoms with Crippen LogP contribution >= 0.6 is 0 Å². The zero-order valence-corrected chi connectivity index (χ0v) is 25.1. The maximum Gasteiger partial charge on any atom is 0.415 e. The Morgan fingerprint density at radius 1 is 0.932 bits per heavy atom. The fraction of sp³-hybridized carbons (Fsp3) is 0.333. The van der Waals surface area contributed by atoms with Crippen molar-refractivity contribution in [2.75, 3.05) is 39.0 Å². The first kappa shape index (κ1) is 29.3. The molecule has 4 N–H and O–H groups in total. The lowest BCUT2D eigenvalue weighted by molar-refractivity contribution is 0.0937. The van der Waals surface area contributed by atoms with E-state index < -0.39 is 6.09 Å². The molecule has 2 aliphatic rings. The van der Waals surface area contributed by atoms with E-state index in [1.165, 1.54) is 12.0 Å². The summed E-state index contributed by atoms with van der Waals surface area (Å²) in [6, 6.07) is 18.0. The number of aryl methyl sites for hydroxylation is 1. The van der Waals surface area contributed by atoms with Crippen LogP contribution in [-0.2, 0) is 13.6 Å². The molecule has 2 amide bonds. The normalized spacial score (nSPS) is 18.5. The third-order valence-electron chi connectivity index (χ3n) is 8.30. The number of nitrogens with two attached hydrogens (primary N) is 1. The van der Waals surface area contributed by atoms with Crippen molar-refractivity contribution in [3.05, 3.63) is 84.3 Å². The molecule has 44 heavy (non-hydrogen) atoms. The van der Waals surface area contributed by atoms with Crippen molar-refractivity contribution < 1.29 is 14.3 Å². The van der Waals surface area contributed by atoms with E-state index in [2.05, 4.69) is 56.9 Å². The van der Waals surface area contributed by atoms with Gasteiger partial charge in [0.05, 0.1) is 11.8 Å². The Balaban J connectivity index is 1.02. The van der Waals surface area contributed by atoms with Crippen molar-refractivity contribution in [2.24, 2.45) is 7.05 Å². The molecule has 2 aliphatic heterocycles. The highest BCUT2D eigenvalue weighted by atomic mass is 16.6. The number of carbonyl (C=O) groups excluding carboxylic acids is 2. The van der Waals surface area contributed by atoms with Gasteiger partial charge < -0.3 is 30.9 Å². The van der Waals surface area contributed by atoms with Crippen LogP contribution in [0.1, 0.15) is 28.8 Å². The molecule has 4 aromatic rings. The minimum Gasteiger partial charge on any atom is -0.410 e. The van der Waals surface area contributed by atoms with Gasteiger partial charge in [0, 0.05) is 68.8 Å². The topological polar surface area (TPSA) is 131 Å². The number of anilines is 1. The molecule has 0 aliphatic carbocycles. The van der Waals surface area contributed by atoms with Gasteiger partial charge in [0.25, 0.3) is 5.91 Å². The number of hydrogen-bond acceptors (Lipinski definition) is 8. The molecule has 2 aromatic heterocycles. The maximum absolute atomic E-state index is 13.1. The van der Waals surface area contributed by atoms with E-state index in [0.717, 1.165) is 41.9 Å². The van der Waals surface area contributed by atoms with E-state index in [4.69, 9.17) is 10.5 Å². The van der Waals surface area contributed by atoms with Crippen LogP contribution in [0.4, 0.5) is 10.6 Å². The van der Waals surface area contributed by atoms with E-state index in [9.17, 15) is 9.59 Å². The highest BCUT2D eigenvalue weighted by Crippen LogP contribution is 2.26. The Kier molecular flexibility index (Phi) is 8.58. The molecule has 6 rings (SSSR count). The summed E-state index contributed by atoms with van der Waals surface area (Å²) in [6.07, 6.45) is 6.51. The van der Waals surface area contributed by atoms with Crippen molar-refractivity contribution in [1.29, 1.82) is 0 Å². The van der Waals surface area contributed by atoms with Crippen LogP contribution in [0.25, 0.3) is 22.3 Å². The Morgan fingerprint density at radius 2 is 1.75 bits per heavy atom. The number of rotatable bonds is 8. The number of carbonyl (C=O) groups is 2. The van der Waals surface area contributed by atoms with Crippen LogP contribution in [-0.4, -0.2) is 81.9 Å². The van der Waals surface area contributed by atoms with Gasteiger partial charge in [-0.15, -0.1) is 0 Å². The number of amides is 2. The van der Waals surface area contributed by atoms with Crippen LogP contribution in [0.5, 0.6) is 5.75 Å². The standard InChI is InChI=1S/C33H38N8O3/c1-39-12-10-27(20-39)35-16-22-6-8-23(9-7-22)24-4-3-5-29(14-24)44-33(43)41-13-11-28(21-41)38-32(42)30-15-25(17-36-31(30)34)26-18-37-40(2)19-26/h3-9,14-15,17-19,27-28,35H,10-13,16,20-21H2,1-2H3,(H2,34,36)(H,38,42)/t27-,28-/m1/s1. The van der Waals surface area contributed by atoms with Crippen LogP contribution in [0.2, 0.25) is 0 Å². The van der Waals surface area contributed by atoms with Gasteiger partial charge in [0.2, 0.25) is 0 Å². The van der Waals surface area contributed by atoms with Gasteiger partial charge in [0.15, 0.2) is 0 Å². The first-order valence-electron chi connectivity index (χ1n) is 14.9. The highest BCUT2D eigenvalue weighted by Gasteiger charge is 2.29. The Labute approximate surface area is 257 Å². The lowest BCUT2D eigenvalue weighted by Gasteiger charge is -2.17.